The van der Waals surface area contributed by atoms with E-state index in [1.54, 1.807) is 6.92 Å². The van der Waals surface area contributed by atoms with E-state index in [9.17, 15) is 14.4 Å². The normalized spacial score (nSPS) is 20.0. The van der Waals surface area contributed by atoms with Crippen LogP contribution in [-0.2, 0) is 16.0 Å². The van der Waals surface area contributed by atoms with Crippen LogP contribution in [0.3, 0.4) is 0 Å². The zero-order valence-electron chi connectivity index (χ0n) is 13.5. The monoisotopic (exact) mass is 319 g/mol. The number of aryl methyl sites for hydroxylation is 2. The summed E-state index contributed by atoms with van der Waals surface area (Å²) in [5.74, 6) is -0.718. The van der Waals surface area contributed by atoms with E-state index in [4.69, 9.17) is 4.52 Å². The second-order valence-corrected chi connectivity index (χ2v) is 6.26. The summed E-state index contributed by atoms with van der Waals surface area (Å²) in [5, 5.41) is 3.86. The first-order valence-corrected chi connectivity index (χ1v) is 8.11. The number of rotatable bonds is 4. The molecule has 0 radical (unpaired) electrons. The molecule has 124 valence electrons. The Labute approximate surface area is 134 Å². The molecule has 2 heterocycles. The molecule has 1 saturated carbocycles. The van der Waals surface area contributed by atoms with Crippen molar-refractivity contribution in [3.63, 3.8) is 0 Å². The van der Waals surface area contributed by atoms with Crippen LogP contribution >= 0.6 is 0 Å². The number of hydrogen-bond donors (Lipinski definition) is 0. The molecule has 0 bridgehead atoms. The van der Waals surface area contributed by atoms with E-state index in [0.717, 1.165) is 48.3 Å². The predicted octanol–water partition coefficient (Wildman–Crippen LogP) is 1.96. The van der Waals surface area contributed by atoms with Crippen molar-refractivity contribution < 1.29 is 18.9 Å². The van der Waals surface area contributed by atoms with Crippen molar-refractivity contribution >= 4 is 17.8 Å². The highest BCUT2D eigenvalue weighted by atomic mass is 16.5. The van der Waals surface area contributed by atoms with E-state index in [1.165, 1.54) is 4.90 Å². The number of imide groups is 2. The first-order chi connectivity index (χ1) is 11.0. The zero-order chi connectivity index (χ0) is 16.6. The summed E-state index contributed by atoms with van der Waals surface area (Å²) in [7, 11) is 0. The summed E-state index contributed by atoms with van der Waals surface area (Å²) in [5.41, 5.74) is 1.63. The minimum atomic E-state index is -0.715. The maximum Gasteiger partial charge on any atom is 0.334 e. The molecule has 0 atom stereocenters. The molecule has 23 heavy (non-hydrogen) atoms. The van der Waals surface area contributed by atoms with Crippen molar-refractivity contribution in [2.75, 3.05) is 6.54 Å². The molecule has 7 nitrogen and oxygen atoms in total. The Morgan fingerprint density at radius 3 is 2.39 bits per heavy atom. The fraction of sp³-hybridized carbons (Fsp3) is 0.625. The topological polar surface area (TPSA) is 83.7 Å². The van der Waals surface area contributed by atoms with Crippen LogP contribution in [0.15, 0.2) is 4.52 Å². The average molecular weight is 319 g/mol. The summed E-state index contributed by atoms with van der Waals surface area (Å²) in [6, 6.07) is -0.601. The number of urea groups is 1. The average Bonchev–Trinajstić information content (AvgIpc) is 2.97. The van der Waals surface area contributed by atoms with Crippen molar-refractivity contribution in [3.05, 3.63) is 17.0 Å². The summed E-state index contributed by atoms with van der Waals surface area (Å²) in [4.78, 5) is 39.1. The molecule has 3 rings (SSSR count). The molecule has 0 N–H and O–H groups in total. The molecule has 7 heteroatoms. The van der Waals surface area contributed by atoms with Gasteiger partial charge in [-0.25, -0.2) is 4.79 Å². The molecule has 1 aromatic heterocycles. The van der Waals surface area contributed by atoms with Gasteiger partial charge in [0.1, 0.15) is 5.76 Å². The second-order valence-electron chi connectivity index (χ2n) is 6.26. The van der Waals surface area contributed by atoms with E-state index in [1.807, 2.05) is 6.92 Å². The van der Waals surface area contributed by atoms with E-state index >= 15 is 0 Å². The van der Waals surface area contributed by atoms with E-state index in [2.05, 4.69) is 5.16 Å². The second kappa shape index (κ2) is 6.14. The van der Waals surface area contributed by atoms with Gasteiger partial charge in [-0.2, -0.15) is 0 Å². The van der Waals surface area contributed by atoms with Crippen molar-refractivity contribution in [2.24, 2.45) is 0 Å². The number of hydrogen-bond acceptors (Lipinski definition) is 5. The Bertz CT molecular complexity index is 626. The maximum absolute atomic E-state index is 12.5. The fourth-order valence-corrected chi connectivity index (χ4v) is 3.46. The Kier molecular flexibility index (Phi) is 4.19. The van der Waals surface area contributed by atoms with Crippen LogP contribution in [0.4, 0.5) is 4.79 Å². The predicted molar refractivity (Wildman–Crippen MR) is 80.5 cm³/mol. The molecular formula is C16H21N3O4. The Hall–Kier alpha value is -2.18. The standard InChI is InChI=1S/C16H21N3O4/c1-10-13(11(2)23-17-10)8-9-18-14(20)15(21)19(16(18)22)12-6-4-3-5-7-12/h12H,3-9H2,1-2H3. The molecule has 1 aliphatic heterocycles. The number of aromatic nitrogens is 1. The third kappa shape index (κ3) is 2.75. The lowest BCUT2D eigenvalue weighted by molar-refractivity contribution is -0.144. The number of nitrogens with zero attached hydrogens (tertiary/aromatic N) is 3. The lowest BCUT2D eigenvalue weighted by Gasteiger charge is -2.28. The number of amides is 4. The van der Waals surface area contributed by atoms with Gasteiger partial charge >= 0.3 is 17.8 Å². The molecule has 2 aliphatic rings. The van der Waals surface area contributed by atoms with Gasteiger partial charge in [0.15, 0.2) is 0 Å². The smallest absolute Gasteiger partial charge is 0.334 e. The van der Waals surface area contributed by atoms with Crippen LogP contribution in [0, 0.1) is 13.8 Å². The minimum absolute atomic E-state index is 0.128. The van der Waals surface area contributed by atoms with Crippen molar-refractivity contribution in [2.45, 2.75) is 58.4 Å². The summed E-state index contributed by atoms with van der Waals surface area (Å²) < 4.78 is 5.09. The van der Waals surface area contributed by atoms with Gasteiger partial charge in [-0.05, 0) is 33.1 Å². The quantitative estimate of drug-likeness (QED) is 0.625. The molecule has 1 saturated heterocycles. The van der Waals surface area contributed by atoms with Gasteiger partial charge in [-0.3, -0.25) is 19.4 Å². The van der Waals surface area contributed by atoms with Gasteiger partial charge < -0.3 is 4.52 Å². The molecule has 2 fully saturated rings. The minimum Gasteiger partial charge on any atom is -0.361 e. The fourth-order valence-electron chi connectivity index (χ4n) is 3.46. The number of carbonyl (C=O) groups excluding carboxylic acids is 3. The third-order valence-electron chi connectivity index (χ3n) is 4.79. The molecule has 0 spiro atoms. The largest absolute Gasteiger partial charge is 0.361 e. The SMILES string of the molecule is Cc1noc(C)c1CCN1C(=O)C(=O)N(C2CCCCC2)C1=O. The van der Waals surface area contributed by atoms with Crippen LogP contribution in [0.25, 0.3) is 0 Å². The lowest BCUT2D eigenvalue weighted by Crippen LogP contribution is -2.42. The van der Waals surface area contributed by atoms with Crippen molar-refractivity contribution in [3.8, 4) is 0 Å². The maximum atomic E-state index is 12.5. The molecule has 0 unspecified atom stereocenters. The molecule has 1 aliphatic carbocycles. The lowest BCUT2D eigenvalue weighted by atomic mass is 9.94. The van der Waals surface area contributed by atoms with Gasteiger partial charge in [0.05, 0.1) is 5.69 Å². The highest BCUT2D eigenvalue weighted by Crippen LogP contribution is 2.27. The first-order valence-electron chi connectivity index (χ1n) is 8.11. The highest BCUT2D eigenvalue weighted by molar-refractivity contribution is 6.44. The molecule has 4 amide bonds. The van der Waals surface area contributed by atoms with Crippen LogP contribution < -0.4 is 0 Å². The van der Waals surface area contributed by atoms with E-state index in [-0.39, 0.29) is 12.6 Å². The Morgan fingerprint density at radius 1 is 1.09 bits per heavy atom. The Balaban J connectivity index is 1.71. The van der Waals surface area contributed by atoms with Gasteiger partial charge in [0.2, 0.25) is 0 Å². The van der Waals surface area contributed by atoms with Crippen LogP contribution in [-0.4, -0.2) is 45.4 Å². The molecule has 0 aromatic carbocycles. The van der Waals surface area contributed by atoms with Gasteiger partial charge in [0.25, 0.3) is 0 Å². The van der Waals surface area contributed by atoms with Gasteiger partial charge in [-0.1, -0.05) is 24.4 Å². The third-order valence-corrected chi connectivity index (χ3v) is 4.79. The highest BCUT2D eigenvalue weighted by Gasteiger charge is 2.47. The van der Waals surface area contributed by atoms with E-state index in [0.29, 0.717) is 12.2 Å². The zero-order valence-corrected chi connectivity index (χ0v) is 13.5. The Morgan fingerprint density at radius 2 is 1.78 bits per heavy atom. The summed E-state index contributed by atoms with van der Waals surface area (Å²) >= 11 is 0. The van der Waals surface area contributed by atoms with Crippen LogP contribution in [0.5, 0.6) is 0 Å². The first kappa shape index (κ1) is 15.7. The van der Waals surface area contributed by atoms with Crippen LogP contribution in [0.2, 0.25) is 0 Å². The summed E-state index contributed by atoms with van der Waals surface area (Å²) in [6.07, 6.45) is 5.15. The van der Waals surface area contributed by atoms with Crippen LogP contribution in [0.1, 0.15) is 49.1 Å². The van der Waals surface area contributed by atoms with Gasteiger partial charge in [-0.15, -0.1) is 0 Å². The summed E-state index contributed by atoms with van der Waals surface area (Å²) in [6.45, 7) is 3.79. The van der Waals surface area contributed by atoms with Crippen molar-refractivity contribution in [1.82, 2.24) is 15.0 Å². The van der Waals surface area contributed by atoms with E-state index < -0.39 is 17.8 Å². The number of carbonyl (C=O) groups is 3. The van der Waals surface area contributed by atoms with Crippen molar-refractivity contribution in [1.29, 1.82) is 0 Å². The molecule has 1 aromatic rings. The molecular weight excluding hydrogens is 298 g/mol. The van der Waals surface area contributed by atoms with Gasteiger partial charge in [0, 0.05) is 18.2 Å².